The van der Waals surface area contributed by atoms with Gasteiger partial charge in [0.05, 0.1) is 18.3 Å². The second kappa shape index (κ2) is 7.57. The van der Waals surface area contributed by atoms with Gasteiger partial charge in [-0.15, -0.1) is 0 Å². The number of urea groups is 1. The van der Waals surface area contributed by atoms with E-state index in [2.05, 4.69) is 20.3 Å². The molecule has 1 aliphatic rings. The van der Waals surface area contributed by atoms with E-state index in [1.165, 1.54) is 0 Å². The zero-order chi connectivity index (χ0) is 18.6. The number of nitrogens with one attached hydrogen (secondary N) is 1. The number of nitrogens with zero attached hydrogens (tertiary/aromatic N) is 4. The van der Waals surface area contributed by atoms with Crippen molar-refractivity contribution in [1.82, 2.24) is 19.9 Å². The fourth-order valence-corrected chi connectivity index (χ4v) is 3.52. The van der Waals surface area contributed by atoms with E-state index >= 15 is 0 Å². The molecule has 2 aromatic heterocycles. The molecule has 0 radical (unpaired) electrons. The van der Waals surface area contributed by atoms with Crippen molar-refractivity contribution in [3.8, 4) is 5.75 Å². The molecule has 1 atom stereocenters. The average Bonchev–Trinajstić information content (AvgIpc) is 2.74. The van der Waals surface area contributed by atoms with Crippen LogP contribution in [-0.2, 0) is 0 Å². The molecule has 0 unspecified atom stereocenters. The van der Waals surface area contributed by atoms with E-state index in [0.717, 1.165) is 36.0 Å². The number of aromatic nitrogens is 3. The molecule has 3 heterocycles. The highest BCUT2D eigenvalue weighted by molar-refractivity contribution is 6.00. The number of ether oxygens (including phenoxy) is 1. The molecule has 4 rings (SSSR count). The van der Waals surface area contributed by atoms with E-state index in [0.29, 0.717) is 18.0 Å². The number of pyridine rings is 1. The third kappa shape index (κ3) is 3.67. The van der Waals surface area contributed by atoms with Crippen molar-refractivity contribution in [3.05, 3.63) is 54.7 Å². The highest BCUT2D eigenvalue weighted by Crippen LogP contribution is 2.29. The predicted molar refractivity (Wildman–Crippen MR) is 103 cm³/mol. The minimum atomic E-state index is -0.131. The number of carbonyl (C=O) groups is 1. The molecule has 0 aliphatic carbocycles. The van der Waals surface area contributed by atoms with E-state index in [9.17, 15) is 4.79 Å². The number of piperidine rings is 1. The largest absolute Gasteiger partial charge is 0.497 e. The molecule has 1 aliphatic heterocycles. The van der Waals surface area contributed by atoms with Gasteiger partial charge in [-0.2, -0.15) is 0 Å². The van der Waals surface area contributed by atoms with Crippen molar-refractivity contribution < 1.29 is 9.53 Å². The summed E-state index contributed by atoms with van der Waals surface area (Å²) in [6.45, 7) is 1.36. The van der Waals surface area contributed by atoms with Gasteiger partial charge in [0.25, 0.3) is 0 Å². The van der Waals surface area contributed by atoms with Crippen LogP contribution in [0.15, 0.2) is 49.1 Å². The summed E-state index contributed by atoms with van der Waals surface area (Å²) in [5.74, 6) is 0.913. The molecule has 7 heteroatoms. The number of fused-ring (bicyclic) bond motifs is 1. The lowest BCUT2D eigenvalue weighted by Gasteiger charge is -2.32. The van der Waals surface area contributed by atoms with Crippen molar-refractivity contribution in [2.75, 3.05) is 25.5 Å². The SMILES string of the molecule is COc1cc(NC(=O)N2CCC[C@@H](c3ccncn3)C2)c2ncccc2c1. The van der Waals surface area contributed by atoms with E-state index in [4.69, 9.17) is 4.74 Å². The quantitative estimate of drug-likeness (QED) is 0.771. The smallest absolute Gasteiger partial charge is 0.321 e. The molecular weight excluding hydrogens is 342 g/mol. The number of hydrogen-bond donors (Lipinski definition) is 1. The van der Waals surface area contributed by atoms with Gasteiger partial charge < -0.3 is 15.0 Å². The Labute approximate surface area is 157 Å². The molecule has 1 aromatic carbocycles. The zero-order valence-corrected chi connectivity index (χ0v) is 15.1. The first-order valence-electron chi connectivity index (χ1n) is 8.99. The second-order valence-electron chi connectivity index (χ2n) is 6.60. The Morgan fingerprint density at radius 1 is 1.26 bits per heavy atom. The molecular formula is C20H21N5O2. The van der Waals surface area contributed by atoms with Gasteiger partial charge in [0, 0.05) is 48.5 Å². The Kier molecular flexibility index (Phi) is 4.82. The summed E-state index contributed by atoms with van der Waals surface area (Å²) in [6, 6.07) is 9.32. The van der Waals surface area contributed by atoms with Crippen molar-refractivity contribution in [2.45, 2.75) is 18.8 Å². The third-order valence-electron chi connectivity index (χ3n) is 4.89. The molecule has 0 spiro atoms. The topological polar surface area (TPSA) is 80.2 Å². The lowest BCUT2D eigenvalue weighted by Crippen LogP contribution is -2.41. The highest BCUT2D eigenvalue weighted by atomic mass is 16.5. The van der Waals surface area contributed by atoms with Gasteiger partial charge in [-0.05, 0) is 31.0 Å². The highest BCUT2D eigenvalue weighted by Gasteiger charge is 2.26. The standard InChI is InChI=1S/C20H21N5O2/c1-27-16-10-14-4-2-7-22-19(14)18(11-16)24-20(26)25-9-3-5-15(12-25)17-6-8-21-13-23-17/h2,4,6-8,10-11,13,15H,3,5,9,12H2,1H3,(H,24,26)/t15-/m1/s1. The Balaban J connectivity index is 1.54. The van der Waals surface area contributed by atoms with Gasteiger partial charge in [0.1, 0.15) is 12.1 Å². The van der Waals surface area contributed by atoms with E-state index < -0.39 is 0 Å². The number of carbonyl (C=O) groups excluding carboxylic acids is 1. The fourth-order valence-electron chi connectivity index (χ4n) is 3.52. The van der Waals surface area contributed by atoms with Gasteiger partial charge in [-0.25, -0.2) is 14.8 Å². The number of anilines is 1. The normalized spacial score (nSPS) is 16.9. The van der Waals surface area contributed by atoms with Gasteiger partial charge in [0.15, 0.2) is 0 Å². The van der Waals surface area contributed by atoms with Crippen LogP contribution in [0, 0.1) is 0 Å². The van der Waals surface area contributed by atoms with E-state index in [-0.39, 0.29) is 11.9 Å². The lowest BCUT2D eigenvalue weighted by atomic mass is 9.95. The zero-order valence-electron chi connectivity index (χ0n) is 15.1. The lowest BCUT2D eigenvalue weighted by molar-refractivity contribution is 0.192. The molecule has 27 heavy (non-hydrogen) atoms. The van der Waals surface area contributed by atoms with Crippen molar-refractivity contribution in [2.24, 2.45) is 0 Å². The third-order valence-corrected chi connectivity index (χ3v) is 4.89. The minimum Gasteiger partial charge on any atom is -0.497 e. The van der Waals surface area contributed by atoms with Crippen LogP contribution in [0.25, 0.3) is 10.9 Å². The van der Waals surface area contributed by atoms with Crippen LogP contribution >= 0.6 is 0 Å². The number of benzene rings is 1. The Morgan fingerprint density at radius 2 is 2.19 bits per heavy atom. The van der Waals surface area contributed by atoms with Crippen molar-refractivity contribution in [1.29, 1.82) is 0 Å². The van der Waals surface area contributed by atoms with Crippen LogP contribution in [0.2, 0.25) is 0 Å². The Bertz CT molecular complexity index is 948. The maximum atomic E-state index is 12.9. The van der Waals surface area contributed by atoms with Crippen molar-refractivity contribution >= 4 is 22.6 Å². The molecule has 1 saturated heterocycles. The van der Waals surface area contributed by atoms with Crippen molar-refractivity contribution in [3.63, 3.8) is 0 Å². The summed E-state index contributed by atoms with van der Waals surface area (Å²) in [5, 5.41) is 3.93. The molecule has 0 saturated carbocycles. The molecule has 1 N–H and O–H groups in total. The van der Waals surface area contributed by atoms with Crippen LogP contribution < -0.4 is 10.1 Å². The summed E-state index contributed by atoms with van der Waals surface area (Å²) < 4.78 is 5.36. The average molecular weight is 363 g/mol. The summed E-state index contributed by atoms with van der Waals surface area (Å²) in [5.41, 5.74) is 2.38. The maximum Gasteiger partial charge on any atom is 0.321 e. The molecule has 3 aromatic rings. The van der Waals surface area contributed by atoms with E-state index in [1.54, 1.807) is 31.9 Å². The number of rotatable bonds is 3. The fraction of sp³-hybridized carbons (Fsp3) is 0.300. The van der Waals surface area contributed by atoms with Gasteiger partial charge in [-0.3, -0.25) is 4.98 Å². The molecule has 138 valence electrons. The minimum absolute atomic E-state index is 0.131. The second-order valence-corrected chi connectivity index (χ2v) is 6.60. The van der Waals surface area contributed by atoms with Gasteiger partial charge >= 0.3 is 6.03 Å². The first kappa shape index (κ1) is 17.2. The number of likely N-dealkylation sites (tertiary alicyclic amines) is 1. The summed E-state index contributed by atoms with van der Waals surface area (Å²) in [7, 11) is 1.61. The molecule has 1 fully saturated rings. The number of hydrogen-bond acceptors (Lipinski definition) is 5. The molecule has 0 bridgehead atoms. The van der Waals surface area contributed by atoms with Gasteiger partial charge in [0.2, 0.25) is 0 Å². The number of methoxy groups -OCH3 is 1. The Morgan fingerprint density at radius 3 is 3.00 bits per heavy atom. The van der Waals surface area contributed by atoms with Crippen LogP contribution in [0.4, 0.5) is 10.5 Å². The summed E-state index contributed by atoms with van der Waals surface area (Å²) in [4.78, 5) is 27.5. The first-order chi connectivity index (χ1) is 13.2. The molecule has 7 nitrogen and oxygen atoms in total. The van der Waals surface area contributed by atoms with E-state index in [1.807, 2.05) is 29.2 Å². The Hall–Kier alpha value is -3.22. The summed E-state index contributed by atoms with van der Waals surface area (Å²) in [6.07, 6.45) is 6.98. The predicted octanol–water partition coefficient (Wildman–Crippen LogP) is 3.44. The van der Waals surface area contributed by atoms with Gasteiger partial charge in [-0.1, -0.05) is 6.07 Å². The number of amides is 2. The van der Waals surface area contributed by atoms with Crippen LogP contribution in [-0.4, -0.2) is 46.1 Å². The maximum absolute atomic E-state index is 12.9. The molecule has 2 amide bonds. The van der Waals surface area contributed by atoms with Crippen LogP contribution in [0.5, 0.6) is 5.75 Å². The van der Waals surface area contributed by atoms with Crippen LogP contribution in [0.1, 0.15) is 24.5 Å². The monoisotopic (exact) mass is 363 g/mol. The summed E-state index contributed by atoms with van der Waals surface area (Å²) >= 11 is 0. The van der Waals surface area contributed by atoms with Crippen LogP contribution in [0.3, 0.4) is 0 Å². The first-order valence-corrected chi connectivity index (χ1v) is 8.99.